The van der Waals surface area contributed by atoms with Crippen LogP contribution < -0.4 is 0 Å². The molecule has 0 atom stereocenters. The Bertz CT molecular complexity index is 364. The van der Waals surface area contributed by atoms with Crippen molar-refractivity contribution >= 4 is 24.8 Å². The molecule has 0 bridgehead atoms. The molecule has 150 valence electrons. The van der Waals surface area contributed by atoms with E-state index in [4.69, 9.17) is 0 Å². The van der Waals surface area contributed by atoms with Crippen LogP contribution in [0.1, 0.15) is 91.4 Å². The van der Waals surface area contributed by atoms with Crippen molar-refractivity contribution in [2.45, 2.75) is 91.4 Å². The predicted octanol–water partition coefficient (Wildman–Crippen LogP) is 6.33. The average Bonchev–Trinajstić information content (AvgIpc) is 2.96. The summed E-state index contributed by atoms with van der Waals surface area (Å²) in [6.07, 6.45) is 16.0. The number of hydrogen-bond acceptors (Lipinski definition) is 2. The molecule has 2 aliphatic heterocycles. The number of hydrogen-bond donors (Lipinski definition) is 0. The van der Waals surface area contributed by atoms with Gasteiger partial charge >= 0.3 is 0 Å². The molecule has 0 aromatic carbocycles. The van der Waals surface area contributed by atoms with Crippen molar-refractivity contribution in [1.29, 1.82) is 0 Å². The summed E-state index contributed by atoms with van der Waals surface area (Å²) in [7, 11) is 0. The van der Waals surface area contributed by atoms with Crippen molar-refractivity contribution in [2.24, 2.45) is 16.7 Å². The van der Waals surface area contributed by atoms with Gasteiger partial charge in [0.1, 0.15) is 0 Å². The first-order valence-electron chi connectivity index (χ1n) is 10.6. The number of piperidine rings is 1. The molecule has 25 heavy (non-hydrogen) atoms. The lowest BCUT2D eigenvalue weighted by molar-refractivity contribution is -0.0445. The molecule has 1 aliphatic carbocycles. The van der Waals surface area contributed by atoms with Crippen LogP contribution >= 0.6 is 24.8 Å². The molecule has 0 N–H and O–H groups in total. The SMILES string of the molecule is CCCC1(CCC)CCC2(CCN(N3CCC(C)CC3)C2)CC1.Cl.Cl. The Balaban J connectivity index is 0.00000156. The number of hydrazine groups is 1. The third-order valence-electron chi connectivity index (χ3n) is 7.51. The second kappa shape index (κ2) is 10.2. The van der Waals surface area contributed by atoms with Crippen molar-refractivity contribution in [2.75, 3.05) is 26.2 Å². The van der Waals surface area contributed by atoms with Crippen LogP contribution in [0.2, 0.25) is 0 Å². The second-order valence-electron chi connectivity index (χ2n) is 9.27. The Morgan fingerprint density at radius 1 is 0.760 bits per heavy atom. The second-order valence-corrected chi connectivity index (χ2v) is 9.27. The van der Waals surface area contributed by atoms with Gasteiger partial charge in [0.05, 0.1) is 0 Å². The van der Waals surface area contributed by atoms with Crippen molar-refractivity contribution in [1.82, 2.24) is 10.0 Å². The molecule has 2 saturated heterocycles. The molecule has 0 aromatic rings. The zero-order valence-corrected chi connectivity index (χ0v) is 18.5. The zero-order chi connectivity index (χ0) is 16.3. The van der Waals surface area contributed by atoms with E-state index in [0.717, 1.165) is 5.92 Å². The topological polar surface area (TPSA) is 6.48 Å². The molecule has 3 fully saturated rings. The lowest BCUT2D eigenvalue weighted by Gasteiger charge is -2.46. The highest BCUT2D eigenvalue weighted by molar-refractivity contribution is 5.85. The monoisotopic (exact) mass is 392 g/mol. The Morgan fingerprint density at radius 2 is 1.32 bits per heavy atom. The summed E-state index contributed by atoms with van der Waals surface area (Å²) in [5, 5.41) is 5.45. The van der Waals surface area contributed by atoms with Gasteiger partial charge < -0.3 is 0 Å². The molecule has 3 rings (SSSR count). The van der Waals surface area contributed by atoms with E-state index in [-0.39, 0.29) is 24.8 Å². The Hall–Kier alpha value is 0.500. The van der Waals surface area contributed by atoms with Gasteiger partial charge in [0.25, 0.3) is 0 Å². The van der Waals surface area contributed by atoms with Crippen LogP contribution in [0, 0.1) is 16.7 Å². The molecule has 0 unspecified atom stereocenters. The van der Waals surface area contributed by atoms with Gasteiger partial charge in [0, 0.05) is 26.2 Å². The molecule has 1 saturated carbocycles. The maximum atomic E-state index is 2.75. The van der Waals surface area contributed by atoms with E-state index in [0.29, 0.717) is 10.8 Å². The van der Waals surface area contributed by atoms with Crippen LogP contribution in [-0.4, -0.2) is 36.2 Å². The van der Waals surface area contributed by atoms with E-state index in [1.54, 1.807) is 0 Å². The van der Waals surface area contributed by atoms with Crippen LogP contribution in [-0.2, 0) is 0 Å². The summed E-state index contributed by atoms with van der Waals surface area (Å²) >= 11 is 0. The van der Waals surface area contributed by atoms with Gasteiger partial charge in [-0.2, -0.15) is 0 Å². The summed E-state index contributed by atoms with van der Waals surface area (Å²) in [4.78, 5) is 0. The van der Waals surface area contributed by atoms with Crippen LogP contribution in [0.3, 0.4) is 0 Å². The van der Waals surface area contributed by atoms with Crippen molar-refractivity contribution in [3.05, 3.63) is 0 Å². The molecule has 0 aromatic heterocycles. The lowest BCUT2D eigenvalue weighted by atomic mass is 9.60. The molecular weight excluding hydrogens is 351 g/mol. The van der Waals surface area contributed by atoms with Crippen molar-refractivity contribution < 1.29 is 0 Å². The first kappa shape index (κ1) is 23.5. The van der Waals surface area contributed by atoms with Gasteiger partial charge in [-0.15, -0.1) is 24.8 Å². The largest absolute Gasteiger partial charge is 0.242 e. The maximum absolute atomic E-state index is 2.75. The van der Waals surface area contributed by atoms with E-state index in [1.165, 1.54) is 96.8 Å². The quantitative estimate of drug-likeness (QED) is 0.538. The standard InChI is InChI=1S/C21H40N2.2ClH/c1-4-8-20(9-5-2)10-12-21(13-11-20)14-17-23(18-21)22-15-6-19(3)7-16-22;;/h19H,4-18H2,1-3H3;2*1H. The van der Waals surface area contributed by atoms with Crippen LogP contribution in [0.5, 0.6) is 0 Å². The first-order valence-corrected chi connectivity index (χ1v) is 10.6. The van der Waals surface area contributed by atoms with Crippen LogP contribution in [0.25, 0.3) is 0 Å². The lowest BCUT2D eigenvalue weighted by Crippen LogP contribution is -2.47. The van der Waals surface area contributed by atoms with E-state index >= 15 is 0 Å². The molecule has 0 amide bonds. The molecule has 3 aliphatic rings. The minimum atomic E-state index is 0. The summed E-state index contributed by atoms with van der Waals surface area (Å²) in [5.74, 6) is 0.946. The fraction of sp³-hybridized carbons (Fsp3) is 1.00. The summed E-state index contributed by atoms with van der Waals surface area (Å²) in [6, 6.07) is 0. The Kier molecular flexibility index (Phi) is 9.56. The third-order valence-corrected chi connectivity index (χ3v) is 7.51. The fourth-order valence-corrected chi connectivity index (χ4v) is 5.84. The van der Waals surface area contributed by atoms with Crippen LogP contribution in [0.4, 0.5) is 0 Å². The van der Waals surface area contributed by atoms with Gasteiger partial charge in [-0.3, -0.25) is 0 Å². The predicted molar refractivity (Wildman–Crippen MR) is 114 cm³/mol. The van der Waals surface area contributed by atoms with Crippen molar-refractivity contribution in [3.63, 3.8) is 0 Å². The van der Waals surface area contributed by atoms with E-state index in [1.807, 2.05) is 0 Å². The fourth-order valence-electron chi connectivity index (χ4n) is 5.84. The summed E-state index contributed by atoms with van der Waals surface area (Å²) < 4.78 is 0. The van der Waals surface area contributed by atoms with Gasteiger partial charge in [0.15, 0.2) is 0 Å². The van der Waals surface area contributed by atoms with Gasteiger partial charge in [-0.1, -0.05) is 33.6 Å². The molecule has 2 nitrogen and oxygen atoms in total. The highest BCUT2D eigenvalue weighted by atomic mass is 35.5. The highest BCUT2D eigenvalue weighted by Crippen LogP contribution is 2.53. The normalized spacial score (nSPS) is 27.0. The number of rotatable bonds is 5. The maximum Gasteiger partial charge on any atom is 0.0190 e. The highest BCUT2D eigenvalue weighted by Gasteiger charge is 2.46. The Labute approximate surface area is 169 Å². The first-order chi connectivity index (χ1) is 11.1. The molecule has 1 spiro atoms. The van der Waals surface area contributed by atoms with Gasteiger partial charge in [0.2, 0.25) is 0 Å². The number of nitrogens with zero attached hydrogens (tertiary/aromatic N) is 2. The minimum Gasteiger partial charge on any atom is -0.242 e. The average molecular weight is 393 g/mol. The van der Waals surface area contributed by atoms with Gasteiger partial charge in [-0.05, 0) is 74.5 Å². The van der Waals surface area contributed by atoms with Crippen LogP contribution in [0.15, 0.2) is 0 Å². The zero-order valence-electron chi connectivity index (χ0n) is 16.9. The van der Waals surface area contributed by atoms with E-state index in [2.05, 4.69) is 30.8 Å². The van der Waals surface area contributed by atoms with E-state index < -0.39 is 0 Å². The van der Waals surface area contributed by atoms with Crippen molar-refractivity contribution in [3.8, 4) is 0 Å². The van der Waals surface area contributed by atoms with Gasteiger partial charge in [-0.25, -0.2) is 10.0 Å². The minimum absolute atomic E-state index is 0. The molecular formula is C21H42Cl2N2. The third kappa shape index (κ3) is 5.50. The number of halogens is 2. The molecule has 2 heterocycles. The smallest absolute Gasteiger partial charge is 0.0190 e. The summed E-state index contributed by atoms with van der Waals surface area (Å²) in [5.41, 5.74) is 1.39. The van der Waals surface area contributed by atoms with E-state index in [9.17, 15) is 0 Å². The molecule has 4 heteroatoms. The Morgan fingerprint density at radius 3 is 1.84 bits per heavy atom. The summed E-state index contributed by atoms with van der Waals surface area (Å²) in [6.45, 7) is 12.5. The molecule has 0 radical (unpaired) electrons.